The van der Waals surface area contributed by atoms with Crippen LogP contribution in [0.15, 0.2) is 51.8 Å². The molecule has 0 atom stereocenters. The topological polar surface area (TPSA) is 129 Å². The lowest BCUT2D eigenvalue weighted by Crippen LogP contribution is -2.61. The quantitative estimate of drug-likeness (QED) is 0.497. The monoisotopic (exact) mass is 523 g/mol. The van der Waals surface area contributed by atoms with Crippen LogP contribution < -0.4 is 10.6 Å². The molecule has 8 nitrogen and oxygen atoms in total. The highest BCUT2D eigenvalue weighted by molar-refractivity contribution is 7.90. The van der Waals surface area contributed by atoms with Crippen LogP contribution in [0.2, 0.25) is 0 Å². The maximum atomic E-state index is 14.7. The number of hydrogen-bond acceptors (Lipinski definition) is 6. The summed E-state index contributed by atoms with van der Waals surface area (Å²) in [6.45, 7) is 0. The number of halogens is 1. The van der Waals surface area contributed by atoms with Gasteiger partial charge in [-0.15, -0.1) is 0 Å². The number of nitrogens with zero attached hydrogens (tertiary/aromatic N) is 1. The predicted octanol–water partition coefficient (Wildman–Crippen LogP) is 4.25. The second-order valence-electron chi connectivity index (χ2n) is 10.0. The molecule has 0 saturated heterocycles. The van der Waals surface area contributed by atoms with E-state index in [9.17, 15) is 27.7 Å². The van der Waals surface area contributed by atoms with Gasteiger partial charge >= 0.3 is 0 Å². The van der Waals surface area contributed by atoms with Crippen LogP contribution in [-0.2, 0) is 14.6 Å². The first kappa shape index (κ1) is 25.0. The molecule has 5 rings (SSSR count). The summed E-state index contributed by atoms with van der Waals surface area (Å²) in [5, 5.41) is 15.7. The Morgan fingerprint density at radius 1 is 1.00 bits per heavy atom. The molecule has 3 aromatic rings. The van der Waals surface area contributed by atoms with Crippen LogP contribution in [0, 0.1) is 17.1 Å². The Kier molecular flexibility index (Phi) is 6.07. The molecule has 2 aliphatic carbocycles. The summed E-state index contributed by atoms with van der Waals surface area (Å²) in [7, 11) is -3.54. The number of rotatable bonds is 6. The smallest absolute Gasteiger partial charge is 0.287 e. The fourth-order valence-electron chi connectivity index (χ4n) is 4.84. The molecule has 2 aliphatic rings. The van der Waals surface area contributed by atoms with Crippen molar-refractivity contribution in [3.05, 3.63) is 54.0 Å². The first-order valence-corrected chi connectivity index (χ1v) is 14.0. The van der Waals surface area contributed by atoms with Gasteiger partial charge in [-0.3, -0.25) is 9.59 Å². The minimum absolute atomic E-state index is 0.0132. The highest BCUT2D eigenvalue weighted by atomic mass is 32.2. The zero-order valence-electron chi connectivity index (χ0n) is 20.3. The van der Waals surface area contributed by atoms with Crippen molar-refractivity contribution in [2.24, 2.45) is 0 Å². The molecule has 192 valence electrons. The van der Waals surface area contributed by atoms with Crippen molar-refractivity contribution in [1.82, 2.24) is 10.6 Å². The van der Waals surface area contributed by atoms with Crippen LogP contribution >= 0.6 is 0 Å². The molecule has 2 fully saturated rings. The molecule has 2 aromatic carbocycles. The van der Waals surface area contributed by atoms with Gasteiger partial charge in [0.2, 0.25) is 5.91 Å². The highest BCUT2D eigenvalue weighted by Gasteiger charge is 2.50. The van der Waals surface area contributed by atoms with E-state index in [0.29, 0.717) is 42.2 Å². The third-order valence-corrected chi connectivity index (χ3v) is 8.35. The summed E-state index contributed by atoms with van der Waals surface area (Å²) in [6, 6.07) is 12.3. The van der Waals surface area contributed by atoms with Gasteiger partial charge in [0.25, 0.3) is 5.91 Å². The number of fused-ring (bicyclic) bond motifs is 1. The number of benzene rings is 2. The van der Waals surface area contributed by atoms with Crippen molar-refractivity contribution < 1.29 is 26.8 Å². The largest absolute Gasteiger partial charge is 0.451 e. The first-order valence-electron chi connectivity index (χ1n) is 12.1. The lowest BCUT2D eigenvalue weighted by molar-refractivity contribution is -0.129. The molecule has 10 heteroatoms. The van der Waals surface area contributed by atoms with E-state index in [1.54, 1.807) is 24.3 Å². The Bertz CT molecular complexity index is 1560. The maximum absolute atomic E-state index is 14.7. The summed E-state index contributed by atoms with van der Waals surface area (Å²) in [5.74, 6) is -1.56. The molecule has 2 saturated carbocycles. The summed E-state index contributed by atoms with van der Waals surface area (Å²) in [4.78, 5) is 26.3. The van der Waals surface area contributed by atoms with Crippen LogP contribution in [0.25, 0.3) is 22.1 Å². The van der Waals surface area contributed by atoms with Gasteiger partial charge in [-0.2, -0.15) is 5.26 Å². The van der Waals surface area contributed by atoms with Crippen LogP contribution in [0.5, 0.6) is 0 Å². The van der Waals surface area contributed by atoms with Crippen molar-refractivity contribution in [3.8, 4) is 17.2 Å². The molecule has 0 unspecified atom stereocenters. The zero-order valence-corrected chi connectivity index (χ0v) is 21.1. The first-order chi connectivity index (χ1) is 17.5. The van der Waals surface area contributed by atoms with Crippen LogP contribution in [0.1, 0.15) is 55.5 Å². The number of carbonyl (C=O) groups excluding carboxylic acids is 2. The van der Waals surface area contributed by atoms with Gasteiger partial charge in [0, 0.05) is 17.2 Å². The average molecular weight is 524 g/mol. The minimum atomic E-state index is -3.54. The Labute approximate surface area is 213 Å². The Morgan fingerprint density at radius 3 is 2.35 bits per heavy atom. The number of amides is 2. The van der Waals surface area contributed by atoms with Gasteiger partial charge in [0.05, 0.1) is 11.0 Å². The van der Waals surface area contributed by atoms with Crippen molar-refractivity contribution in [1.29, 1.82) is 5.26 Å². The molecule has 0 radical (unpaired) electrons. The summed E-state index contributed by atoms with van der Waals surface area (Å²) in [5.41, 5.74) is -0.952. The van der Waals surface area contributed by atoms with Gasteiger partial charge in [-0.25, -0.2) is 12.8 Å². The number of nitriles is 1. The second kappa shape index (κ2) is 8.99. The number of nitrogens with one attached hydrogen (secondary N) is 2. The fourth-order valence-corrected chi connectivity index (χ4v) is 5.47. The maximum Gasteiger partial charge on any atom is 0.287 e. The number of hydrogen-bond donors (Lipinski definition) is 2. The van der Waals surface area contributed by atoms with Crippen LogP contribution in [0.4, 0.5) is 4.39 Å². The second-order valence-corrected chi connectivity index (χ2v) is 12.0. The Morgan fingerprint density at radius 2 is 1.73 bits per heavy atom. The van der Waals surface area contributed by atoms with E-state index in [2.05, 4.69) is 16.7 Å². The van der Waals surface area contributed by atoms with E-state index < -0.39 is 32.6 Å². The number of carbonyl (C=O) groups is 2. The van der Waals surface area contributed by atoms with Crippen LogP contribution in [-0.4, -0.2) is 37.6 Å². The van der Waals surface area contributed by atoms with E-state index >= 15 is 0 Å². The molecule has 37 heavy (non-hydrogen) atoms. The van der Waals surface area contributed by atoms with Gasteiger partial charge < -0.3 is 15.1 Å². The lowest BCUT2D eigenvalue weighted by Gasteiger charge is -2.37. The molecule has 2 amide bonds. The molecule has 0 bridgehead atoms. The summed E-state index contributed by atoms with van der Waals surface area (Å²) >= 11 is 0. The third-order valence-electron chi connectivity index (χ3n) is 7.23. The number of furan rings is 1. The average Bonchev–Trinajstić information content (AvgIpc) is 3.50. The molecule has 1 heterocycles. The standard InChI is InChI=1S/C27H26FN3O5S/c1-37(34,35)19-7-8-20(21(28)15-19)17-5-6-18-14-23(36-22(18)13-17)24(32)30-27(9-3-2-4-10-27)25(33)31-26(16-29)11-12-26/h5-8,13-15H,2-4,9-12H2,1H3,(H,30,32)(H,31,33). The minimum Gasteiger partial charge on any atom is -0.451 e. The molecular weight excluding hydrogens is 497 g/mol. The predicted molar refractivity (Wildman–Crippen MR) is 134 cm³/mol. The van der Waals surface area contributed by atoms with Gasteiger partial charge in [0.1, 0.15) is 22.5 Å². The Balaban J connectivity index is 1.40. The Hall–Kier alpha value is -3.71. The molecule has 1 aromatic heterocycles. The highest BCUT2D eigenvalue weighted by Crippen LogP contribution is 2.37. The van der Waals surface area contributed by atoms with Crippen LogP contribution in [0.3, 0.4) is 0 Å². The molecule has 0 aliphatic heterocycles. The third kappa shape index (κ3) is 4.83. The van der Waals surface area contributed by atoms with E-state index in [0.717, 1.165) is 31.6 Å². The van der Waals surface area contributed by atoms with Gasteiger partial charge in [-0.05, 0) is 55.5 Å². The molecular formula is C27H26FN3O5S. The summed E-state index contributed by atoms with van der Waals surface area (Å²) < 4.78 is 43.9. The van der Waals surface area contributed by atoms with Crippen molar-refractivity contribution in [3.63, 3.8) is 0 Å². The zero-order chi connectivity index (χ0) is 26.4. The number of sulfone groups is 1. The van der Waals surface area contributed by atoms with E-state index in [-0.39, 0.29) is 22.1 Å². The van der Waals surface area contributed by atoms with Crippen molar-refractivity contribution in [2.75, 3.05) is 6.26 Å². The fraction of sp³-hybridized carbons (Fsp3) is 0.370. The van der Waals surface area contributed by atoms with Crippen molar-refractivity contribution >= 4 is 32.6 Å². The van der Waals surface area contributed by atoms with E-state index in [4.69, 9.17) is 4.42 Å². The van der Waals surface area contributed by atoms with Crippen molar-refractivity contribution in [2.45, 2.75) is 60.9 Å². The van der Waals surface area contributed by atoms with Gasteiger partial charge in [0.15, 0.2) is 15.6 Å². The van der Waals surface area contributed by atoms with E-state index in [1.165, 1.54) is 12.1 Å². The molecule has 2 N–H and O–H groups in total. The summed E-state index contributed by atoms with van der Waals surface area (Å²) in [6.07, 6.45) is 5.67. The molecule has 0 spiro atoms. The lowest BCUT2D eigenvalue weighted by atomic mass is 9.80. The van der Waals surface area contributed by atoms with Gasteiger partial charge in [-0.1, -0.05) is 37.5 Å². The normalized spacial score (nSPS) is 18.1. The SMILES string of the molecule is CS(=O)(=O)c1ccc(-c2ccc3cc(C(=O)NC4(C(=O)NC5(C#N)CC5)CCCCC4)oc3c2)c(F)c1. The van der Waals surface area contributed by atoms with E-state index in [1.807, 2.05) is 0 Å².